The van der Waals surface area contributed by atoms with Gasteiger partial charge in [0.2, 0.25) is 11.8 Å². The number of carbonyl (C=O) groups is 3. The normalized spacial score (nSPS) is 12.6. The maximum Gasteiger partial charge on any atom is 0.408 e. The summed E-state index contributed by atoms with van der Waals surface area (Å²) in [5.74, 6) is 2.78. The molecular formula is C33H53N3O4S. The summed E-state index contributed by atoms with van der Waals surface area (Å²) >= 11 is 1.60. The largest absolute Gasteiger partial charge is 0.444 e. The fourth-order valence-corrected chi connectivity index (χ4v) is 4.96. The second-order valence-corrected chi connectivity index (χ2v) is 12.4. The Balaban J connectivity index is 3.41. The molecule has 1 aromatic rings. The highest BCUT2D eigenvalue weighted by molar-refractivity contribution is 7.98. The molecule has 3 amide bonds. The van der Waals surface area contributed by atoms with Crippen molar-refractivity contribution in [3.05, 3.63) is 35.4 Å². The smallest absolute Gasteiger partial charge is 0.408 e. The van der Waals surface area contributed by atoms with E-state index in [0.717, 1.165) is 51.4 Å². The Morgan fingerprint density at radius 1 is 0.976 bits per heavy atom. The van der Waals surface area contributed by atoms with E-state index in [2.05, 4.69) is 30.4 Å². The lowest BCUT2D eigenvalue weighted by molar-refractivity contribution is -0.142. The monoisotopic (exact) mass is 587 g/mol. The van der Waals surface area contributed by atoms with Crippen molar-refractivity contribution in [1.82, 2.24) is 15.5 Å². The molecule has 0 aromatic heterocycles. The minimum atomic E-state index is -0.844. The summed E-state index contributed by atoms with van der Waals surface area (Å²) in [5, 5.41) is 5.87. The predicted octanol–water partition coefficient (Wildman–Crippen LogP) is 6.85. The van der Waals surface area contributed by atoms with Crippen molar-refractivity contribution >= 4 is 29.7 Å². The fourth-order valence-electron chi connectivity index (χ4n) is 4.49. The van der Waals surface area contributed by atoms with Crippen LogP contribution < -0.4 is 10.6 Å². The zero-order valence-electron chi connectivity index (χ0n) is 26.2. The van der Waals surface area contributed by atoms with Crippen molar-refractivity contribution in [2.24, 2.45) is 0 Å². The zero-order valence-corrected chi connectivity index (χ0v) is 27.0. The van der Waals surface area contributed by atoms with Crippen LogP contribution in [0.2, 0.25) is 0 Å². The molecule has 0 aliphatic heterocycles. The molecule has 0 spiro atoms. The Labute approximate surface area is 253 Å². The molecule has 0 saturated heterocycles. The average molecular weight is 588 g/mol. The summed E-state index contributed by atoms with van der Waals surface area (Å²) in [6.45, 7) is 10.6. The van der Waals surface area contributed by atoms with E-state index in [9.17, 15) is 14.4 Å². The molecule has 41 heavy (non-hydrogen) atoms. The van der Waals surface area contributed by atoms with Crippen LogP contribution in [0.1, 0.15) is 116 Å². The highest BCUT2D eigenvalue weighted by Gasteiger charge is 2.35. The fraction of sp³-hybridized carbons (Fsp3) is 0.667. The number of amides is 3. The van der Waals surface area contributed by atoms with E-state index >= 15 is 0 Å². The molecule has 0 bridgehead atoms. The van der Waals surface area contributed by atoms with Gasteiger partial charge in [0.15, 0.2) is 0 Å². The number of hydrogen-bond acceptors (Lipinski definition) is 5. The lowest BCUT2D eigenvalue weighted by Crippen LogP contribution is -2.53. The Morgan fingerprint density at radius 2 is 1.59 bits per heavy atom. The Bertz CT molecular complexity index is 953. The topological polar surface area (TPSA) is 87.7 Å². The van der Waals surface area contributed by atoms with Crippen molar-refractivity contribution in [2.45, 2.75) is 117 Å². The van der Waals surface area contributed by atoms with Gasteiger partial charge in [0.25, 0.3) is 0 Å². The van der Waals surface area contributed by atoms with Crippen LogP contribution in [0, 0.1) is 12.3 Å². The van der Waals surface area contributed by atoms with E-state index in [1.807, 2.05) is 18.4 Å². The Morgan fingerprint density at radius 3 is 2.17 bits per heavy atom. The lowest BCUT2D eigenvalue weighted by Gasteiger charge is -2.34. The zero-order chi connectivity index (χ0) is 30.7. The van der Waals surface area contributed by atoms with E-state index in [1.54, 1.807) is 49.6 Å². The summed E-state index contributed by atoms with van der Waals surface area (Å²) in [4.78, 5) is 42.4. The number of unbranched alkanes of at least 4 members (excludes halogenated alkanes) is 7. The third-order valence-electron chi connectivity index (χ3n) is 6.67. The second kappa shape index (κ2) is 20.3. The molecule has 0 aliphatic rings. The van der Waals surface area contributed by atoms with Crippen LogP contribution in [0.4, 0.5) is 4.79 Å². The van der Waals surface area contributed by atoms with Crippen molar-refractivity contribution in [2.75, 3.05) is 25.1 Å². The number of terminal acetylenes is 1. The maximum atomic E-state index is 14.3. The minimum absolute atomic E-state index is 0.227. The summed E-state index contributed by atoms with van der Waals surface area (Å²) in [5.41, 5.74) is 0.695. The van der Waals surface area contributed by atoms with Crippen LogP contribution in [0.15, 0.2) is 24.3 Å². The molecule has 0 saturated carbocycles. The molecule has 2 N–H and O–H groups in total. The van der Waals surface area contributed by atoms with Gasteiger partial charge in [-0.2, -0.15) is 11.8 Å². The van der Waals surface area contributed by atoms with Gasteiger partial charge in [0.05, 0.1) is 0 Å². The summed E-state index contributed by atoms with van der Waals surface area (Å²) < 4.78 is 5.48. The highest BCUT2D eigenvalue weighted by Crippen LogP contribution is 2.25. The highest BCUT2D eigenvalue weighted by atomic mass is 32.2. The first-order chi connectivity index (χ1) is 19.6. The molecular weight excluding hydrogens is 534 g/mol. The molecule has 0 aliphatic carbocycles. The van der Waals surface area contributed by atoms with Gasteiger partial charge in [-0.05, 0) is 69.7 Å². The van der Waals surface area contributed by atoms with Crippen LogP contribution >= 0.6 is 11.8 Å². The molecule has 1 aromatic carbocycles. The number of hydrogen-bond donors (Lipinski definition) is 2. The van der Waals surface area contributed by atoms with E-state index in [-0.39, 0.29) is 11.8 Å². The van der Waals surface area contributed by atoms with Gasteiger partial charge in [-0.1, -0.05) is 76.8 Å². The minimum Gasteiger partial charge on any atom is -0.444 e. The molecule has 0 radical (unpaired) electrons. The van der Waals surface area contributed by atoms with Gasteiger partial charge in [0.1, 0.15) is 17.7 Å². The quantitative estimate of drug-likeness (QED) is 0.137. The van der Waals surface area contributed by atoms with Crippen LogP contribution in [0.3, 0.4) is 0 Å². The predicted molar refractivity (Wildman–Crippen MR) is 171 cm³/mol. The van der Waals surface area contributed by atoms with Gasteiger partial charge in [-0.25, -0.2) is 4.79 Å². The number of nitrogens with one attached hydrogen (secondary N) is 2. The maximum absolute atomic E-state index is 14.3. The van der Waals surface area contributed by atoms with Gasteiger partial charge >= 0.3 is 6.09 Å². The van der Waals surface area contributed by atoms with Crippen molar-refractivity contribution in [3.8, 4) is 12.3 Å². The number of thioether (sulfide) groups is 1. The van der Waals surface area contributed by atoms with Crippen molar-refractivity contribution < 1.29 is 19.1 Å². The number of nitrogens with zero attached hydrogens (tertiary/aromatic N) is 1. The van der Waals surface area contributed by atoms with Gasteiger partial charge in [-0.15, -0.1) is 6.42 Å². The van der Waals surface area contributed by atoms with E-state index in [4.69, 9.17) is 11.2 Å². The first-order valence-electron chi connectivity index (χ1n) is 15.2. The summed E-state index contributed by atoms with van der Waals surface area (Å²) in [7, 11) is 0. The van der Waals surface area contributed by atoms with Gasteiger partial charge in [0, 0.05) is 18.7 Å². The summed E-state index contributed by atoms with van der Waals surface area (Å²) in [6.07, 6.45) is 16.5. The van der Waals surface area contributed by atoms with Crippen LogP contribution in [0.5, 0.6) is 0 Å². The first kappa shape index (κ1) is 36.4. The SMILES string of the molecule is C#Cc1ccc(C(C(=O)NCCCCC)N(CCCCCCCC)C(=O)C(CCSC)NC(=O)OC(C)(C)C)cc1. The van der Waals surface area contributed by atoms with E-state index in [0.29, 0.717) is 36.4 Å². The standard InChI is InChI=1S/C33H53N3O4S/c1-8-11-13-14-15-17-24-36(31(38)28(22-25-41-7)35-32(39)40-33(4,5)6)29(30(37)34-23-16-12-9-2)27-20-18-26(10-3)19-21-27/h3,18-21,28-29H,8-9,11-17,22-25H2,1-2,4-7H3,(H,34,37)(H,35,39). The van der Waals surface area contributed by atoms with Crippen LogP contribution in [0.25, 0.3) is 0 Å². The Kier molecular flexibility index (Phi) is 18.0. The number of alkyl carbamates (subject to hydrolysis) is 1. The van der Waals surface area contributed by atoms with Gasteiger partial charge < -0.3 is 20.3 Å². The van der Waals surface area contributed by atoms with Crippen LogP contribution in [-0.2, 0) is 14.3 Å². The number of ether oxygens (including phenoxy) is 1. The molecule has 0 heterocycles. The number of carbonyl (C=O) groups excluding carboxylic acids is 3. The molecule has 2 atom stereocenters. The van der Waals surface area contributed by atoms with Crippen LogP contribution in [-0.4, -0.2) is 59.5 Å². The molecule has 0 fully saturated rings. The van der Waals surface area contributed by atoms with E-state index in [1.165, 1.54) is 6.42 Å². The molecule has 8 heteroatoms. The number of benzene rings is 1. The number of rotatable bonds is 19. The third kappa shape index (κ3) is 14.7. The average Bonchev–Trinajstić information content (AvgIpc) is 2.93. The first-order valence-corrected chi connectivity index (χ1v) is 16.6. The summed E-state index contributed by atoms with van der Waals surface area (Å²) in [6, 6.07) is 5.58. The molecule has 230 valence electrons. The molecule has 1 rings (SSSR count). The lowest BCUT2D eigenvalue weighted by atomic mass is 10.00. The second-order valence-electron chi connectivity index (χ2n) is 11.4. The van der Waals surface area contributed by atoms with Crippen molar-refractivity contribution in [3.63, 3.8) is 0 Å². The Hall–Kier alpha value is -2.66. The third-order valence-corrected chi connectivity index (χ3v) is 7.31. The molecule has 7 nitrogen and oxygen atoms in total. The van der Waals surface area contributed by atoms with Gasteiger partial charge in [-0.3, -0.25) is 9.59 Å². The van der Waals surface area contributed by atoms with Crippen molar-refractivity contribution in [1.29, 1.82) is 0 Å². The molecule has 2 unspecified atom stereocenters. The van der Waals surface area contributed by atoms with E-state index < -0.39 is 23.8 Å².